The van der Waals surface area contributed by atoms with Gasteiger partial charge in [-0.15, -0.1) is 0 Å². The van der Waals surface area contributed by atoms with E-state index in [4.69, 9.17) is 0 Å². The van der Waals surface area contributed by atoms with Crippen LogP contribution in [0.1, 0.15) is 25.8 Å². The third-order valence-electron chi connectivity index (χ3n) is 2.91. The van der Waals surface area contributed by atoms with Crippen molar-refractivity contribution in [2.75, 3.05) is 13.1 Å². The Labute approximate surface area is 103 Å². The van der Waals surface area contributed by atoms with Crippen LogP contribution in [-0.4, -0.2) is 35.1 Å². The van der Waals surface area contributed by atoms with Gasteiger partial charge in [0.05, 0.1) is 0 Å². The predicted octanol–water partition coefficient (Wildman–Crippen LogP) is 2.41. The third-order valence-corrected chi connectivity index (χ3v) is 2.91. The molecule has 1 aromatic rings. The molecular weight excluding hydrogens is 214 g/mol. The first kappa shape index (κ1) is 13.7. The smallest absolute Gasteiger partial charge is 0.321 e. The quantitative estimate of drug-likeness (QED) is 0.789. The topological polar surface area (TPSA) is 40.5 Å². The average Bonchev–Trinajstić information content (AvgIpc) is 2.34. The van der Waals surface area contributed by atoms with Crippen LogP contribution in [0.3, 0.4) is 0 Å². The number of aliphatic carboxylic acids is 1. The molecule has 0 aliphatic rings. The van der Waals surface area contributed by atoms with Gasteiger partial charge in [0, 0.05) is 0 Å². The maximum absolute atomic E-state index is 11.3. The lowest BCUT2D eigenvalue weighted by molar-refractivity contribution is -0.143. The van der Waals surface area contributed by atoms with E-state index in [1.165, 1.54) is 0 Å². The van der Waals surface area contributed by atoms with Crippen LogP contribution in [0.5, 0.6) is 0 Å². The average molecular weight is 235 g/mol. The largest absolute Gasteiger partial charge is 0.480 e. The van der Waals surface area contributed by atoms with E-state index in [1.54, 1.807) is 0 Å². The van der Waals surface area contributed by atoms with E-state index < -0.39 is 12.0 Å². The molecular formula is C14H21NO2. The monoisotopic (exact) mass is 235 g/mol. The summed E-state index contributed by atoms with van der Waals surface area (Å²) in [4.78, 5) is 13.4. The fourth-order valence-corrected chi connectivity index (χ4v) is 2.03. The summed E-state index contributed by atoms with van der Waals surface area (Å²) in [7, 11) is 0. The number of benzene rings is 1. The highest BCUT2D eigenvalue weighted by Gasteiger charge is 2.23. The summed E-state index contributed by atoms with van der Waals surface area (Å²) in [5.41, 5.74) is 1.08. The van der Waals surface area contributed by atoms with Crippen molar-refractivity contribution in [1.29, 1.82) is 0 Å². The minimum atomic E-state index is -0.732. The van der Waals surface area contributed by atoms with Gasteiger partial charge in [0.15, 0.2) is 0 Å². The van der Waals surface area contributed by atoms with Crippen molar-refractivity contribution in [3.63, 3.8) is 0 Å². The molecule has 0 radical (unpaired) electrons. The molecule has 0 spiro atoms. The molecule has 1 atom stereocenters. The Kier molecular flexibility index (Phi) is 5.70. The maximum atomic E-state index is 11.3. The van der Waals surface area contributed by atoms with Crippen LogP contribution in [-0.2, 0) is 11.2 Å². The molecule has 1 N–H and O–H groups in total. The Hall–Kier alpha value is -1.35. The van der Waals surface area contributed by atoms with Gasteiger partial charge in [-0.2, -0.15) is 0 Å². The molecule has 0 saturated carbocycles. The van der Waals surface area contributed by atoms with E-state index in [9.17, 15) is 9.90 Å². The number of carboxylic acid groups (broad SMARTS) is 1. The van der Waals surface area contributed by atoms with Crippen LogP contribution in [0.25, 0.3) is 0 Å². The lowest BCUT2D eigenvalue weighted by atomic mass is 10.0. The lowest BCUT2D eigenvalue weighted by Gasteiger charge is -2.27. The van der Waals surface area contributed by atoms with E-state index in [-0.39, 0.29) is 0 Å². The zero-order chi connectivity index (χ0) is 12.7. The molecule has 0 fully saturated rings. The van der Waals surface area contributed by atoms with Crippen LogP contribution in [0.4, 0.5) is 0 Å². The molecule has 0 saturated heterocycles. The zero-order valence-corrected chi connectivity index (χ0v) is 10.6. The Bertz CT molecular complexity index is 337. The highest BCUT2D eigenvalue weighted by atomic mass is 16.4. The van der Waals surface area contributed by atoms with Gasteiger partial charge in [-0.05, 0) is 31.5 Å². The summed E-state index contributed by atoms with van der Waals surface area (Å²) in [5.74, 6) is -0.732. The van der Waals surface area contributed by atoms with Gasteiger partial charge >= 0.3 is 5.97 Å². The van der Waals surface area contributed by atoms with Crippen molar-refractivity contribution >= 4 is 5.97 Å². The zero-order valence-electron chi connectivity index (χ0n) is 10.6. The van der Waals surface area contributed by atoms with Crippen molar-refractivity contribution in [2.45, 2.75) is 32.7 Å². The van der Waals surface area contributed by atoms with Crippen LogP contribution >= 0.6 is 0 Å². The molecule has 17 heavy (non-hydrogen) atoms. The second kappa shape index (κ2) is 7.07. The summed E-state index contributed by atoms with van der Waals surface area (Å²) in [5, 5.41) is 9.32. The van der Waals surface area contributed by atoms with Gasteiger partial charge < -0.3 is 5.11 Å². The number of hydrogen-bond donors (Lipinski definition) is 1. The lowest BCUT2D eigenvalue weighted by Crippen LogP contribution is -2.43. The maximum Gasteiger partial charge on any atom is 0.321 e. The summed E-state index contributed by atoms with van der Waals surface area (Å²) in [6.07, 6.45) is 1.55. The third kappa shape index (κ3) is 4.19. The van der Waals surface area contributed by atoms with Gasteiger partial charge in [-0.3, -0.25) is 9.69 Å². The standard InChI is InChI=1S/C14H21NO2/c1-3-10-15(4-2)13(14(16)17)11-12-8-6-5-7-9-12/h5-9,13H,3-4,10-11H2,1-2H3,(H,16,17). The van der Waals surface area contributed by atoms with E-state index >= 15 is 0 Å². The van der Waals surface area contributed by atoms with E-state index in [2.05, 4.69) is 6.92 Å². The van der Waals surface area contributed by atoms with Crippen molar-refractivity contribution in [1.82, 2.24) is 4.90 Å². The van der Waals surface area contributed by atoms with Crippen LogP contribution in [0.2, 0.25) is 0 Å². The molecule has 94 valence electrons. The Morgan fingerprint density at radius 3 is 2.41 bits per heavy atom. The number of likely N-dealkylation sites (N-methyl/N-ethyl adjacent to an activating group) is 1. The van der Waals surface area contributed by atoms with Gasteiger partial charge in [0.1, 0.15) is 6.04 Å². The van der Waals surface area contributed by atoms with E-state index in [1.807, 2.05) is 42.2 Å². The molecule has 1 aromatic carbocycles. The Morgan fingerprint density at radius 1 is 1.29 bits per heavy atom. The van der Waals surface area contributed by atoms with Crippen molar-refractivity contribution in [3.05, 3.63) is 35.9 Å². The Balaban J connectivity index is 2.75. The van der Waals surface area contributed by atoms with Gasteiger partial charge in [0.25, 0.3) is 0 Å². The molecule has 0 aromatic heterocycles. The molecule has 3 nitrogen and oxygen atoms in total. The van der Waals surface area contributed by atoms with Crippen molar-refractivity contribution < 1.29 is 9.90 Å². The highest BCUT2D eigenvalue weighted by Crippen LogP contribution is 2.10. The van der Waals surface area contributed by atoms with Crippen LogP contribution < -0.4 is 0 Å². The minimum Gasteiger partial charge on any atom is -0.480 e. The number of carboxylic acids is 1. The van der Waals surface area contributed by atoms with Crippen LogP contribution in [0, 0.1) is 0 Å². The normalized spacial score (nSPS) is 12.6. The molecule has 0 bridgehead atoms. The first-order valence-corrected chi connectivity index (χ1v) is 6.19. The molecule has 1 unspecified atom stereocenters. The second-order valence-electron chi connectivity index (χ2n) is 4.17. The highest BCUT2D eigenvalue weighted by molar-refractivity contribution is 5.74. The second-order valence-corrected chi connectivity index (χ2v) is 4.17. The summed E-state index contributed by atoms with van der Waals surface area (Å²) >= 11 is 0. The van der Waals surface area contributed by atoms with E-state index in [0.29, 0.717) is 6.42 Å². The summed E-state index contributed by atoms with van der Waals surface area (Å²) in [6, 6.07) is 9.39. The molecule has 1 rings (SSSR count). The van der Waals surface area contributed by atoms with Crippen LogP contribution in [0.15, 0.2) is 30.3 Å². The number of rotatable bonds is 7. The summed E-state index contributed by atoms with van der Waals surface area (Å²) < 4.78 is 0. The van der Waals surface area contributed by atoms with Gasteiger partial charge in [-0.25, -0.2) is 0 Å². The number of carbonyl (C=O) groups is 1. The number of nitrogens with zero attached hydrogens (tertiary/aromatic N) is 1. The molecule has 3 heteroatoms. The van der Waals surface area contributed by atoms with Crippen molar-refractivity contribution in [3.8, 4) is 0 Å². The molecule has 0 aliphatic heterocycles. The fraction of sp³-hybridized carbons (Fsp3) is 0.500. The van der Waals surface area contributed by atoms with Crippen molar-refractivity contribution in [2.24, 2.45) is 0 Å². The minimum absolute atomic E-state index is 0.414. The Morgan fingerprint density at radius 2 is 1.94 bits per heavy atom. The summed E-state index contributed by atoms with van der Waals surface area (Å²) in [6.45, 7) is 5.69. The van der Waals surface area contributed by atoms with E-state index in [0.717, 1.165) is 25.1 Å². The first-order chi connectivity index (χ1) is 8.19. The molecule has 0 heterocycles. The predicted molar refractivity (Wildman–Crippen MR) is 69.1 cm³/mol. The fourth-order valence-electron chi connectivity index (χ4n) is 2.03. The SMILES string of the molecule is CCCN(CC)C(Cc1ccccc1)C(=O)O. The first-order valence-electron chi connectivity index (χ1n) is 6.19. The molecule has 0 amide bonds. The molecule has 0 aliphatic carbocycles. The number of hydrogen-bond acceptors (Lipinski definition) is 2. The van der Waals surface area contributed by atoms with Gasteiger partial charge in [-0.1, -0.05) is 44.2 Å². The van der Waals surface area contributed by atoms with Gasteiger partial charge in [0.2, 0.25) is 0 Å².